The Labute approximate surface area is 196 Å². The lowest BCUT2D eigenvalue weighted by Crippen LogP contribution is -2.30. The summed E-state index contributed by atoms with van der Waals surface area (Å²) in [5, 5.41) is 3.58. The van der Waals surface area contributed by atoms with E-state index in [1.54, 1.807) is 24.3 Å². The number of aromatic nitrogens is 2. The summed E-state index contributed by atoms with van der Waals surface area (Å²) < 4.78 is 7.85. The van der Waals surface area contributed by atoms with Crippen LogP contribution in [-0.4, -0.2) is 28.6 Å². The molecule has 3 rings (SSSR count). The van der Waals surface area contributed by atoms with Crippen molar-refractivity contribution in [2.24, 2.45) is 0 Å². The van der Waals surface area contributed by atoms with E-state index in [0.29, 0.717) is 17.3 Å². The lowest BCUT2D eigenvalue weighted by molar-refractivity contribution is -0.123. The molecule has 1 N–H and O–H groups in total. The van der Waals surface area contributed by atoms with Crippen molar-refractivity contribution < 1.29 is 9.53 Å². The van der Waals surface area contributed by atoms with Crippen LogP contribution in [0.1, 0.15) is 57.7 Å². The first-order valence-corrected chi connectivity index (χ1v) is 12.1. The summed E-state index contributed by atoms with van der Waals surface area (Å²) in [5.41, 5.74) is 2.25. The van der Waals surface area contributed by atoms with Crippen molar-refractivity contribution in [1.29, 1.82) is 0 Å². The number of carbonyl (C=O) groups excluding carboxylic acids is 1. The number of unbranched alkanes of at least 4 members (excludes halogenated alkanes) is 5. The van der Waals surface area contributed by atoms with Crippen LogP contribution in [-0.2, 0) is 17.8 Å². The molecule has 0 aliphatic carbocycles. The number of para-hydroxylation sites is 2. The number of aryl methyl sites for hydroxylation is 2. The van der Waals surface area contributed by atoms with Gasteiger partial charge in [0.1, 0.15) is 11.6 Å². The van der Waals surface area contributed by atoms with E-state index >= 15 is 0 Å². The van der Waals surface area contributed by atoms with Crippen molar-refractivity contribution >= 4 is 28.5 Å². The minimum Gasteiger partial charge on any atom is -0.484 e. The van der Waals surface area contributed by atoms with Crippen LogP contribution in [0.5, 0.6) is 5.75 Å². The molecule has 0 bridgehead atoms. The average Bonchev–Trinajstić information content (AvgIpc) is 3.16. The van der Waals surface area contributed by atoms with Gasteiger partial charge in [0, 0.05) is 24.5 Å². The first kappa shape index (κ1) is 24.1. The highest BCUT2D eigenvalue weighted by molar-refractivity contribution is 6.30. The molecule has 1 heterocycles. The quantitative estimate of drug-likeness (QED) is 0.295. The van der Waals surface area contributed by atoms with Gasteiger partial charge in [-0.25, -0.2) is 4.98 Å². The summed E-state index contributed by atoms with van der Waals surface area (Å²) in [7, 11) is 0. The van der Waals surface area contributed by atoms with Gasteiger partial charge < -0.3 is 14.6 Å². The Kier molecular flexibility index (Phi) is 9.89. The van der Waals surface area contributed by atoms with E-state index in [1.165, 1.54) is 44.0 Å². The van der Waals surface area contributed by atoms with Crippen LogP contribution in [0, 0.1) is 0 Å². The van der Waals surface area contributed by atoms with Crippen LogP contribution < -0.4 is 10.1 Å². The molecule has 172 valence electrons. The fourth-order valence-corrected chi connectivity index (χ4v) is 3.95. The molecule has 5 nitrogen and oxygen atoms in total. The Morgan fingerprint density at radius 3 is 2.56 bits per heavy atom. The molecule has 0 saturated heterocycles. The second-order valence-electron chi connectivity index (χ2n) is 8.13. The molecule has 0 spiro atoms. The number of nitrogens with one attached hydrogen (secondary N) is 1. The lowest BCUT2D eigenvalue weighted by Gasteiger charge is -2.10. The van der Waals surface area contributed by atoms with E-state index in [2.05, 4.69) is 35.0 Å². The van der Waals surface area contributed by atoms with E-state index in [-0.39, 0.29) is 12.5 Å². The Morgan fingerprint density at radius 1 is 1.00 bits per heavy atom. The molecule has 1 amide bonds. The van der Waals surface area contributed by atoms with Gasteiger partial charge in [-0.15, -0.1) is 0 Å². The maximum Gasteiger partial charge on any atom is 0.257 e. The first-order chi connectivity index (χ1) is 15.7. The van der Waals surface area contributed by atoms with Crippen LogP contribution in [0.2, 0.25) is 5.02 Å². The van der Waals surface area contributed by atoms with Crippen molar-refractivity contribution in [2.45, 2.75) is 64.8 Å². The van der Waals surface area contributed by atoms with Gasteiger partial charge in [0.2, 0.25) is 0 Å². The van der Waals surface area contributed by atoms with E-state index < -0.39 is 0 Å². The summed E-state index contributed by atoms with van der Waals surface area (Å²) in [4.78, 5) is 16.9. The van der Waals surface area contributed by atoms with Gasteiger partial charge in [0.25, 0.3) is 5.91 Å². The Balaban J connectivity index is 1.44. The van der Waals surface area contributed by atoms with Crippen LogP contribution in [0.4, 0.5) is 0 Å². The highest BCUT2D eigenvalue weighted by Crippen LogP contribution is 2.19. The molecule has 3 aromatic rings. The summed E-state index contributed by atoms with van der Waals surface area (Å²) in [6.45, 7) is 3.85. The minimum atomic E-state index is -0.125. The molecule has 32 heavy (non-hydrogen) atoms. The summed E-state index contributed by atoms with van der Waals surface area (Å²) >= 11 is 5.86. The third kappa shape index (κ3) is 7.56. The third-order valence-corrected chi connectivity index (χ3v) is 5.80. The number of benzene rings is 2. The van der Waals surface area contributed by atoms with Gasteiger partial charge in [-0.2, -0.15) is 0 Å². The number of halogens is 1. The van der Waals surface area contributed by atoms with E-state index in [0.717, 1.165) is 30.7 Å². The van der Waals surface area contributed by atoms with Crippen LogP contribution in [0.3, 0.4) is 0 Å². The van der Waals surface area contributed by atoms with Gasteiger partial charge in [-0.3, -0.25) is 4.79 Å². The average molecular weight is 456 g/mol. The van der Waals surface area contributed by atoms with Crippen molar-refractivity contribution in [1.82, 2.24) is 14.9 Å². The second-order valence-corrected chi connectivity index (χ2v) is 8.57. The van der Waals surface area contributed by atoms with Crippen LogP contribution >= 0.6 is 11.6 Å². The number of fused-ring (bicyclic) bond motifs is 1. The van der Waals surface area contributed by atoms with Crippen LogP contribution in [0.15, 0.2) is 48.5 Å². The number of hydrogen-bond donors (Lipinski definition) is 1. The smallest absolute Gasteiger partial charge is 0.257 e. The van der Waals surface area contributed by atoms with Gasteiger partial charge in [0.05, 0.1) is 11.0 Å². The van der Waals surface area contributed by atoms with Gasteiger partial charge >= 0.3 is 0 Å². The third-order valence-electron chi connectivity index (χ3n) is 5.55. The predicted molar refractivity (Wildman–Crippen MR) is 131 cm³/mol. The molecule has 0 aliphatic heterocycles. The zero-order chi connectivity index (χ0) is 22.6. The summed E-state index contributed by atoms with van der Waals surface area (Å²) in [6.07, 6.45) is 9.35. The number of ether oxygens (including phenoxy) is 1. The Morgan fingerprint density at radius 2 is 1.75 bits per heavy atom. The molecule has 0 radical (unpaired) electrons. The lowest BCUT2D eigenvalue weighted by atomic mass is 10.1. The fourth-order valence-electron chi connectivity index (χ4n) is 3.82. The van der Waals surface area contributed by atoms with Gasteiger partial charge in [-0.05, 0) is 49.2 Å². The molecule has 6 heteroatoms. The number of hydrogen-bond acceptors (Lipinski definition) is 3. The number of nitrogens with zero attached hydrogens (tertiary/aromatic N) is 2. The number of imidazole rings is 1. The standard InChI is InChI=1S/C26H34ClN3O2/c1-2-3-4-5-6-9-19-30-24-12-8-7-11-23(24)29-25(30)13-10-18-28-26(31)20-32-22-16-14-21(27)15-17-22/h7-8,11-12,14-17H,2-6,9-10,13,18-20H2,1H3,(H,28,31). The van der Waals surface area contributed by atoms with Gasteiger partial charge in [-0.1, -0.05) is 62.8 Å². The van der Waals surface area contributed by atoms with Crippen LogP contribution in [0.25, 0.3) is 11.0 Å². The Hall–Kier alpha value is -2.53. The highest BCUT2D eigenvalue weighted by Gasteiger charge is 2.10. The number of amides is 1. The molecular formula is C26H34ClN3O2. The maximum absolute atomic E-state index is 12.1. The fraction of sp³-hybridized carbons (Fsp3) is 0.462. The summed E-state index contributed by atoms with van der Waals surface area (Å²) in [6, 6.07) is 15.3. The maximum atomic E-state index is 12.1. The SMILES string of the molecule is CCCCCCCCn1c(CCCNC(=O)COc2ccc(Cl)cc2)nc2ccccc21. The second kappa shape index (κ2) is 13.1. The molecule has 1 aromatic heterocycles. The molecule has 2 aromatic carbocycles. The van der Waals surface area contributed by atoms with Crippen molar-refractivity contribution in [2.75, 3.05) is 13.2 Å². The van der Waals surface area contributed by atoms with E-state index in [9.17, 15) is 4.79 Å². The Bertz CT molecular complexity index is 969. The molecule has 0 unspecified atom stereocenters. The monoisotopic (exact) mass is 455 g/mol. The molecular weight excluding hydrogens is 422 g/mol. The zero-order valence-electron chi connectivity index (χ0n) is 19.0. The molecule has 0 fully saturated rings. The molecule has 0 aliphatic rings. The van der Waals surface area contributed by atoms with Crippen molar-refractivity contribution in [3.05, 3.63) is 59.4 Å². The van der Waals surface area contributed by atoms with Gasteiger partial charge in [0.15, 0.2) is 6.61 Å². The molecule has 0 saturated carbocycles. The largest absolute Gasteiger partial charge is 0.484 e. The highest BCUT2D eigenvalue weighted by atomic mass is 35.5. The normalized spacial score (nSPS) is 11.1. The summed E-state index contributed by atoms with van der Waals surface area (Å²) in [5.74, 6) is 1.61. The minimum absolute atomic E-state index is 0.00181. The van der Waals surface area contributed by atoms with Crippen molar-refractivity contribution in [3.63, 3.8) is 0 Å². The predicted octanol–water partition coefficient (Wildman–Crippen LogP) is 6.18. The topological polar surface area (TPSA) is 56.2 Å². The molecule has 0 atom stereocenters. The first-order valence-electron chi connectivity index (χ1n) is 11.8. The van der Waals surface area contributed by atoms with Crippen molar-refractivity contribution in [3.8, 4) is 5.75 Å². The zero-order valence-corrected chi connectivity index (χ0v) is 19.7. The van der Waals surface area contributed by atoms with E-state index in [4.69, 9.17) is 21.3 Å². The number of rotatable bonds is 14. The van der Waals surface area contributed by atoms with E-state index in [1.807, 2.05) is 6.07 Å². The number of carbonyl (C=O) groups is 1.